The third-order valence-corrected chi connectivity index (χ3v) is 5.92. The molecule has 0 saturated heterocycles. The van der Waals surface area contributed by atoms with Crippen molar-refractivity contribution < 1.29 is 18.4 Å². The van der Waals surface area contributed by atoms with Crippen LogP contribution in [-0.2, 0) is 10.3 Å². The highest BCUT2D eigenvalue weighted by molar-refractivity contribution is 5.85. The van der Waals surface area contributed by atoms with Crippen LogP contribution in [0.3, 0.4) is 0 Å². The van der Waals surface area contributed by atoms with E-state index < -0.39 is 11.4 Å². The largest absolute Gasteiger partial charge is 0.618 e. The lowest BCUT2D eigenvalue weighted by atomic mass is 10.0. The van der Waals surface area contributed by atoms with Gasteiger partial charge in [-0.1, -0.05) is 5.16 Å². The summed E-state index contributed by atoms with van der Waals surface area (Å²) in [6, 6.07) is 4.37. The Labute approximate surface area is 169 Å². The highest BCUT2D eigenvalue weighted by atomic mass is 19.1. The maximum atomic E-state index is 14.1. The first-order chi connectivity index (χ1) is 14.5. The zero-order valence-corrected chi connectivity index (χ0v) is 16.3. The van der Waals surface area contributed by atoms with Gasteiger partial charge >= 0.3 is 0 Å². The van der Waals surface area contributed by atoms with Crippen molar-refractivity contribution >= 4 is 16.6 Å². The second-order valence-electron chi connectivity index (χ2n) is 7.42. The normalized spacial score (nSPS) is 15.8. The molecule has 0 aliphatic heterocycles. The van der Waals surface area contributed by atoms with Crippen molar-refractivity contribution in [2.24, 2.45) is 0 Å². The zero-order valence-electron chi connectivity index (χ0n) is 16.3. The van der Waals surface area contributed by atoms with Crippen molar-refractivity contribution in [3.63, 3.8) is 0 Å². The molecule has 0 radical (unpaired) electrons. The molecule has 0 unspecified atom stereocenters. The number of fused-ring (bicyclic) bond motifs is 3. The fourth-order valence-corrected chi connectivity index (χ4v) is 4.32. The lowest BCUT2D eigenvalue weighted by molar-refractivity contribution is -0.583. The Hall–Kier alpha value is -3.58. The predicted octanol–water partition coefficient (Wildman–Crippen LogP) is 2.91. The van der Waals surface area contributed by atoms with Crippen LogP contribution in [0.2, 0.25) is 0 Å². The first kappa shape index (κ1) is 18.4. The maximum absolute atomic E-state index is 14.1. The first-order valence-electron chi connectivity index (χ1n) is 9.52. The third kappa shape index (κ3) is 2.35. The summed E-state index contributed by atoms with van der Waals surface area (Å²) in [6.45, 7) is 1.58. The second-order valence-corrected chi connectivity index (χ2v) is 7.42. The number of ether oxygens (including phenoxy) is 1. The van der Waals surface area contributed by atoms with Crippen molar-refractivity contribution in [2.75, 3.05) is 7.11 Å². The second kappa shape index (κ2) is 6.47. The molecule has 9 nitrogen and oxygen atoms in total. The van der Waals surface area contributed by atoms with E-state index in [0.717, 1.165) is 31.7 Å². The lowest BCUT2D eigenvalue weighted by Gasteiger charge is -2.21. The number of halogens is 1. The van der Waals surface area contributed by atoms with E-state index in [2.05, 4.69) is 15.1 Å². The molecule has 1 aliphatic rings. The fourth-order valence-electron chi connectivity index (χ4n) is 4.32. The fraction of sp³-hybridized carbons (Fsp3) is 0.350. The van der Waals surface area contributed by atoms with Gasteiger partial charge < -0.3 is 14.5 Å². The van der Waals surface area contributed by atoms with Crippen molar-refractivity contribution in [3.8, 4) is 17.6 Å². The summed E-state index contributed by atoms with van der Waals surface area (Å²) < 4.78 is 27.5. The molecule has 1 fully saturated rings. The minimum atomic E-state index is -0.752. The van der Waals surface area contributed by atoms with E-state index in [4.69, 9.17) is 9.26 Å². The molecule has 0 spiro atoms. The molecular formula is C20H17FN6O3. The number of imidazole rings is 1. The molecule has 3 aromatic heterocycles. The van der Waals surface area contributed by atoms with Gasteiger partial charge in [0.15, 0.2) is 5.56 Å². The Morgan fingerprint density at radius 3 is 2.83 bits per heavy atom. The van der Waals surface area contributed by atoms with E-state index in [9.17, 15) is 14.9 Å². The average molecular weight is 408 g/mol. The zero-order chi connectivity index (χ0) is 21.0. The number of nitrogens with zero attached hydrogens (tertiary/aromatic N) is 6. The number of rotatable bonds is 3. The number of nitriles is 1. The molecule has 1 aromatic carbocycles. The average Bonchev–Trinajstić information content (AvgIpc) is 3.50. The quantitative estimate of drug-likeness (QED) is 0.378. The maximum Gasteiger partial charge on any atom is 0.262 e. The van der Waals surface area contributed by atoms with Gasteiger partial charge in [0.05, 0.1) is 0 Å². The number of aromatic nitrogens is 5. The molecule has 1 saturated carbocycles. The van der Waals surface area contributed by atoms with Crippen LogP contribution in [0.15, 0.2) is 23.0 Å². The van der Waals surface area contributed by atoms with E-state index in [0.29, 0.717) is 27.3 Å². The molecule has 3 heterocycles. The van der Waals surface area contributed by atoms with E-state index in [1.54, 1.807) is 24.5 Å². The van der Waals surface area contributed by atoms with Crippen LogP contribution in [0, 0.1) is 29.3 Å². The van der Waals surface area contributed by atoms with E-state index in [1.807, 2.05) is 0 Å². The Morgan fingerprint density at radius 2 is 2.13 bits per heavy atom. The Bertz CT molecular complexity index is 1350. The Balaban J connectivity index is 1.74. The van der Waals surface area contributed by atoms with Crippen LogP contribution in [0.25, 0.3) is 28.1 Å². The van der Waals surface area contributed by atoms with Gasteiger partial charge in [-0.2, -0.15) is 15.0 Å². The van der Waals surface area contributed by atoms with Gasteiger partial charge in [-0.05, 0) is 37.8 Å². The molecule has 1 aliphatic carbocycles. The molecule has 10 heteroatoms. The molecular weight excluding hydrogens is 391 g/mol. The van der Waals surface area contributed by atoms with E-state index in [-0.39, 0.29) is 22.6 Å². The topological polar surface area (TPSA) is 116 Å². The summed E-state index contributed by atoms with van der Waals surface area (Å²) in [7, 11) is 1.63. The van der Waals surface area contributed by atoms with Gasteiger partial charge in [0.2, 0.25) is 11.5 Å². The molecule has 30 heavy (non-hydrogen) atoms. The summed E-state index contributed by atoms with van der Waals surface area (Å²) in [6.07, 6.45) is 5.11. The summed E-state index contributed by atoms with van der Waals surface area (Å²) in [5, 5.41) is 26.4. The standard InChI is InChI=1S/C20H17FN6O3/c1-11-16-15(18-24-19(30-25-18)20(29-2)7-3-4-8-20)23-10-26(16)14-6-5-13(21)12(9-22)17(14)27(11)28/h5-6,10H,3-4,7-8H2,1-2H3. The van der Waals surface area contributed by atoms with Crippen LogP contribution in [0.1, 0.15) is 42.8 Å². The third-order valence-electron chi connectivity index (χ3n) is 5.92. The molecule has 0 N–H and O–H groups in total. The van der Waals surface area contributed by atoms with Crippen LogP contribution in [0.4, 0.5) is 4.39 Å². The van der Waals surface area contributed by atoms with Crippen molar-refractivity contribution in [1.29, 1.82) is 5.26 Å². The summed E-state index contributed by atoms with van der Waals surface area (Å²) in [5.41, 5.74) is 0.456. The molecule has 0 amide bonds. The monoisotopic (exact) mass is 408 g/mol. The molecule has 5 rings (SSSR count). The molecule has 4 aromatic rings. The van der Waals surface area contributed by atoms with E-state index in [1.165, 1.54) is 12.4 Å². The van der Waals surface area contributed by atoms with Crippen LogP contribution in [-0.4, -0.2) is 26.6 Å². The predicted molar refractivity (Wildman–Crippen MR) is 102 cm³/mol. The summed E-state index contributed by atoms with van der Waals surface area (Å²) >= 11 is 0. The summed E-state index contributed by atoms with van der Waals surface area (Å²) in [4.78, 5) is 8.92. The van der Waals surface area contributed by atoms with Crippen LogP contribution >= 0.6 is 0 Å². The van der Waals surface area contributed by atoms with Gasteiger partial charge in [0.25, 0.3) is 11.4 Å². The van der Waals surface area contributed by atoms with Crippen LogP contribution in [0.5, 0.6) is 0 Å². The smallest absolute Gasteiger partial charge is 0.262 e. The number of methoxy groups -OCH3 is 1. The number of benzene rings is 1. The summed E-state index contributed by atoms with van der Waals surface area (Å²) in [5.74, 6) is -0.125. The van der Waals surface area contributed by atoms with Gasteiger partial charge in [0, 0.05) is 14.0 Å². The van der Waals surface area contributed by atoms with Crippen molar-refractivity contribution in [2.45, 2.75) is 38.2 Å². The Morgan fingerprint density at radius 1 is 1.37 bits per heavy atom. The highest BCUT2D eigenvalue weighted by Gasteiger charge is 2.41. The number of hydrogen-bond acceptors (Lipinski definition) is 7. The highest BCUT2D eigenvalue weighted by Crippen LogP contribution is 2.41. The van der Waals surface area contributed by atoms with Gasteiger partial charge in [-0.3, -0.25) is 4.40 Å². The molecule has 0 bridgehead atoms. The lowest BCUT2D eigenvalue weighted by Crippen LogP contribution is -2.33. The number of hydrogen-bond donors (Lipinski definition) is 0. The number of aryl methyl sites for hydroxylation is 1. The molecule has 0 atom stereocenters. The van der Waals surface area contributed by atoms with Gasteiger partial charge in [-0.15, -0.1) is 0 Å². The van der Waals surface area contributed by atoms with Gasteiger partial charge in [0.1, 0.15) is 40.5 Å². The van der Waals surface area contributed by atoms with Crippen LogP contribution < -0.4 is 4.73 Å². The Kier molecular flexibility index (Phi) is 3.98. The minimum Gasteiger partial charge on any atom is -0.618 e. The first-order valence-corrected chi connectivity index (χ1v) is 9.52. The molecule has 152 valence electrons. The SMILES string of the molecule is COC1(c2nc(-c3ncn4c3c(C)[n+]([O-])c3c(C#N)c(F)ccc34)no2)CCCC1. The van der Waals surface area contributed by atoms with Crippen molar-refractivity contribution in [1.82, 2.24) is 19.5 Å². The van der Waals surface area contributed by atoms with Gasteiger partial charge in [-0.25, -0.2) is 9.37 Å². The minimum absolute atomic E-state index is 0.0513. The van der Waals surface area contributed by atoms with Crippen molar-refractivity contribution in [3.05, 3.63) is 46.6 Å². The van der Waals surface area contributed by atoms with E-state index >= 15 is 0 Å².